The van der Waals surface area contributed by atoms with E-state index in [-0.39, 0.29) is 11.6 Å². The summed E-state index contributed by atoms with van der Waals surface area (Å²) in [6.07, 6.45) is 6.33. The van der Waals surface area contributed by atoms with Gasteiger partial charge in [0.2, 0.25) is 0 Å². The molecule has 2 amide bonds. The molecule has 6 heteroatoms. The van der Waals surface area contributed by atoms with Crippen LogP contribution in [0.1, 0.15) is 42.7 Å². The topological polar surface area (TPSA) is 55.6 Å². The summed E-state index contributed by atoms with van der Waals surface area (Å²) in [6, 6.07) is -0.157. The largest absolute Gasteiger partial charge is 0.383 e. The maximum absolute atomic E-state index is 12.7. The van der Waals surface area contributed by atoms with E-state index in [1.807, 2.05) is 0 Å². The van der Waals surface area contributed by atoms with Crippen LogP contribution in [0, 0.1) is 31.6 Å². The van der Waals surface area contributed by atoms with Crippen molar-refractivity contribution >= 4 is 17.4 Å². The quantitative estimate of drug-likeness (QED) is 0.908. The number of nitrogens with one attached hydrogen (secondary N) is 1. The number of carbonyl (C=O) groups excluding carboxylic acids is 1. The van der Waals surface area contributed by atoms with E-state index in [1.165, 1.54) is 42.7 Å². The monoisotopic (exact) mass is 349 g/mol. The standard InChI is InChI=1S/C18H27N3O2S/c1-11-12(2)24-17(21(11)4-5-23-3)19-16(22)20-18-9-13-6-14(10-18)8-15(18)7-13/h13-15H,4-10H2,1-3H3,(H,20,22). The first-order valence-corrected chi connectivity index (χ1v) is 9.85. The number of ether oxygens (including phenoxy) is 1. The Morgan fingerprint density at radius 2 is 2.04 bits per heavy atom. The van der Waals surface area contributed by atoms with Crippen LogP contribution in [0.25, 0.3) is 0 Å². The molecular weight excluding hydrogens is 322 g/mol. The maximum atomic E-state index is 12.7. The second-order valence-corrected chi connectivity index (χ2v) is 9.09. The maximum Gasteiger partial charge on any atom is 0.344 e. The average molecular weight is 350 g/mol. The number of carbonyl (C=O) groups is 1. The minimum atomic E-state index is -0.157. The zero-order valence-electron chi connectivity index (χ0n) is 14.8. The molecule has 4 saturated carbocycles. The lowest BCUT2D eigenvalue weighted by molar-refractivity contribution is 0.185. The minimum absolute atomic E-state index is 0.0485. The Kier molecular flexibility index (Phi) is 4.07. The molecule has 0 radical (unpaired) electrons. The van der Waals surface area contributed by atoms with E-state index in [1.54, 1.807) is 18.4 Å². The Bertz CT molecular complexity index is 706. The lowest BCUT2D eigenvalue weighted by atomic mass is 9.80. The lowest BCUT2D eigenvalue weighted by Gasteiger charge is -2.33. The number of methoxy groups -OCH3 is 1. The first-order chi connectivity index (χ1) is 11.5. The van der Waals surface area contributed by atoms with Gasteiger partial charge in [-0.15, -0.1) is 11.3 Å². The summed E-state index contributed by atoms with van der Waals surface area (Å²) in [5.74, 6) is 2.36. The molecule has 4 aliphatic rings. The molecule has 1 aromatic heterocycles. The van der Waals surface area contributed by atoms with Gasteiger partial charge in [0.05, 0.1) is 6.61 Å². The van der Waals surface area contributed by atoms with Crippen molar-refractivity contribution in [2.75, 3.05) is 13.7 Å². The van der Waals surface area contributed by atoms with Crippen LogP contribution in [0.3, 0.4) is 0 Å². The number of hydrogen-bond donors (Lipinski definition) is 1. The van der Waals surface area contributed by atoms with Crippen LogP contribution >= 0.6 is 11.3 Å². The van der Waals surface area contributed by atoms with Gasteiger partial charge < -0.3 is 14.6 Å². The molecule has 2 unspecified atom stereocenters. The van der Waals surface area contributed by atoms with Gasteiger partial charge in [-0.05, 0) is 63.7 Å². The molecule has 5 nitrogen and oxygen atoms in total. The highest BCUT2D eigenvalue weighted by Crippen LogP contribution is 2.60. The molecule has 4 bridgehead atoms. The minimum Gasteiger partial charge on any atom is -0.383 e. The molecule has 0 aliphatic heterocycles. The van der Waals surface area contributed by atoms with E-state index in [4.69, 9.17) is 4.74 Å². The molecule has 5 rings (SSSR count). The molecule has 4 fully saturated rings. The second kappa shape index (κ2) is 5.99. The lowest BCUT2D eigenvalue weighted by Crippen LogP contribution is -2.48. The SMILES string of the molecule is COCCn1c(C)c(C)sc1=NC(=O)NC12CC3CC(CC1C3)C2. The molecule has 1 N–H and O–H groups in total. The highest BCUT2D eigenvalue weighted by molar-refractivity contribution is 7.09. The molecule has 132 valence electrons. The van der Waals surface area contributed by atoms with Gasteiger partial charge >= 0.3 is 6.03 Å². The smallest absolute Gasteiger partial charge is 0.344 e. The third kappa shape index (κ3) is 2.64. The predicted molar refractivity (Wildman–Crippen MR) is 94.0 cm³/mol. The summed E-state index contributed by atoms with van der Waals surface area (Å²) in [5, 5.41) is 3.33. The van der Waals surface area contributed by atoms with Crippen LogP contribution in [-0.2, 0) is 11.3 Å². The zero-order valence-corrected chi connectivity index (χ0v) is 15.6. The number of amides is 2. The van der Waals surface area contributed by atoms with E-state index < -0.39 is 0 Å². The van der Waals surface area contributed by atoms with Crippen LogP contribution in [0.5, 0.6) is 0 Å². The van der Waals surface area contributed by atoms with Crippen LogP contribution in [-0.4, -0.2) is 29.9 Å². The number of nitrogens with zero attached hydrogens (tertiary/aromatic N) is 2. The molecule has 0 saturated heterocycles. The van der Waals surface area contributed by atoms with Crippen molar-refractivity contribution in [1.82, 2.24) is 9.88 Å². The number of rotatable bonds is 4. The highest BCUT2D eigenvalue weighted by atomic mass is 32.1. The Morgan fingerprint density at radius 1 is 1.33 bits per heavy atom. The van der Waals surface area contributed by atoms with Gasteiger partial charge in [0.1, 0.15) is 0 Å². The van der Waals surface area contributed by atoms with E-state index in [9.17, 15) is 4.79 Å². The van der Waals surface area contributed by atoms with Crippen LogP contribution < -0.4 is 10.1 Å². The van der Waals surface area contributed by atoms with Crippen molar-refractivity contribution < 1.29 is 9.53 Å². The normalized spacial score (nSPS) is 34.3. The molecule has 1 heterocycles. The van der Waals surface area contributed by atoms with Crippen molar-refractivity contribution in [1.29, 1.82) is 0 Å². The molecule has 4 aliphatic carbocycles. The number of hydrogen-bond acceptors (Lipinski definition) is 3. The Hall–Kier alpha value is -1.14. The third-order valence-corrected chi connectivity index (χ3v) is 7.55. The fraction of sp³-hybridized carbons (Fsp3) is 0.778. The first kappa shape index (κ1) is 16.3. The molecule has 0 spiro atoms. The van der Waals surface area contributed by atoms with E-state index >= 15 is 0 Å². The Labute approximate surface area is 147 Å². The average Bonchev–Trinajstić information content (AvgIpc) is 3.01. The van der Waals surface area contributed by atoms with Gasteiger partial charge in [0.25, 0.3) is 0 Å². The van der Waals surface area contributed by atoms with Gasteiger partial charge in [0, 0.05) is 29.8 Å². The van der Waals surface area contributed by atoms with E-state index in [0.29, 0.717) is 12.5 Å². The van der Waals surface area contributed by atoms with Crippen molar-refractivity contribution in [2.24, 2.45) is 22.7 Å². The van der Waals surface area contributed by atoms with Gasteiger partial charge in [0.15, 0.2) is 4.80 Å². The van der Waals surface area contributed by atoms with Gasteiger partial charge in [-0.1, -0.05) is 0 Å². The van der Waals surface area contributed by atoms with Crippen LogP contribution in [0.4, 0.5) is 4.79 Å². The van der Waals surface area contributed by atoms with E-state index in [2.05, 4.69) is 28.7 Å². The van der Waals surface area contributed by atoms with Crippen molar-refractivity contribution in [2.45, 2.75) is 58.0 Å². The summed E-state index contributed by atoms with van der Waals surface area (Å²) < 4.78 is 7.29. The molecule has 24 heavy (non-hydrogen) atoms. The molecule has 1 aromatic rings. The Morgan fingerprint density at radius 3 is 2.71 bits per heavy atom. The summed E-state index contributed by atoms with van der Waals surface area (Å²) in [5.41, 5.74) is 1.22. The zero-order chi connectivity index (χ0) is 16.9. The second-order valence-electron chi connectivity index (χ2n) is 7.91. The van der Waals surface area contributed by atoms with Crippen LogP contribution in [0.15, 0.2) is 4.99 Å². The molecule has 2 atom stereocenters. The fourth-order valence-electron chi connectivity index (χ4n) is 5.46. The summed E-state index contributed by atoms with van der Waals surface area (Å²) in [4.78, 5) is 19.1. The van der Waals surface area contributed by atoms with Crippen molar-refractivity contribution in [3.8, 4) is 0 Å². The molecule has 0 aromatic carbocycles. The third-order valence-electron chi connectivity index (χ3n) is 6.45. The molecular formula is C18H27N3O2S. The number of thiazole rings is 1. The summed E-state index contributed by atoms with van der Waals surface area (Å²) in [7, 11) is 1.70. The van der Waals surface area contributed by atoms with E-state index in [0.717, 1.165) is 23.2 Å². The Balaban J connectivity index is 1.56. The van der Waals surface area contributed by atoms with Gasteiger partial charge in [-0.3, -0.25) is 0 Å². The summed E-state index contributed by atoms with van der Waals surface area (Å²) in [6.45, 7) is 5.52. The van der Waals surface area contributed by atoms with Crippen LogP contribution in [0.2, 0.25) is 0 Å². The highest BCUT2D eigenvalue weighted by Gasteiger charge is 2.58. The summed E-state index contributed by atoms with van der Waals surface area (Å²) >= 11 is 1.59. The predicted octanol–water partition coefficient (Wildman–Crippen LogP) is 3.00. The van der Waals surface area contributed by atoms with Gasteiger partial charge in [-0.25, -0.2) is 4.79 Å². The van der Waals surface area contributed by atoms with Gasteiger partial charge in [-0.2, -0.15) is 4.99 Å². The number of aryl methyl sites for hydroxylation is 1. The fourth-order valence-corrected chi connectivity index (χ4v) is 6.46. The van der Waals surface area contributed by atoms with Crippen molar-refractivity contribution in [3.05, 3.63) is 15.4 Å². The van der Waals surface area contributed by atoms with Crippen molar-refractivity contribution in [3.63, 3.8) is 0 Å². The number of aromatic nitrogens is 1. The first-order valence-electron chi connectivity index (χ1n) is 9.03. The number of urea groups is 1.